The molecule has 1 atom stereocenters. The van der Waals surface area contributed by atoms with Crippen LogP contribution in [0.4, 0.5) is 0 Å². The molecule has 2 rings (SSSR count). The van der Waals surface area contributed by atoms with Crippen LogP contribution >= 0.6 is 12.4 Å². The van der Waals surface area contributed by atoms with E-state index in [1.807, 2.05) is 0 Å². The molecule has 0 bridgehead atoms. The van der Waals surface area contributed by atoms with Crippen LogP contribution in [-0.4, -0.2) is 50.6 Å². The third-order valence-electron chi connectivity index (χ3n) is 4.76. The highest BCUT2D eigenvalue weighted by atomic mass is 35.5. The van der Waals surface area contributed by atoms with Gasteiger partial charge < -0.3 is 11.1 Å². The standard InChI is InChI=1S/C15H29N3O3S.ClH/c16-8-9-17-15(19)14-7-4-10-18(11-14)22(20,21)12-13-5-2-1-3-6-13;/h13-14H,1-12,16H2,(H,17,19);1H. The minimum absolute atomic E-state index is 0. The van der Waals surface area contributed by atoms with Crippen molar-refractivity contribution in [1.82, 2.24) is 9.62 Å². The fraction of sp³-hybridized carbons (Fsp3) is 0.933. The van der Waals surface area contributed by atoms with Crippen LogP contribution in [0.15, 0.2) is 0 Å². The second-order valence-electron chi connectivity index (χ2n) is 6.56. The molecule has 0 aromatic carbocycles. The summed E-state index contributed by atoms with van der Waals surface area (Å²) in [6, 6.07) is 0. The van der Waals surface area contributed by atoms with Crippen molar-refractivity contribution < 1.29 is 13.2 Å². The van der Waals surface area contributed by atoms with Crippen LogP contribution < -0.4 is 11.1 Å². The third kappa shape index (κ3) is 6.21. The lowest BCUT2D eigenvalue weighted by molar-refractivity contribution is -0.126. The van der Waals surface area contributed by atoms with Crippen molar-refractivity contribution in [2.24, 2.45) is 17.6 Å². The van der Waals surface area contributed by atoms with Crippen molar-refractivity contribution in [3.05, 3.63) is 0 Å². The monoisotopic (exact) mass is 367 g/mol. The van der Waals surface area contributed by atoms with Gasteiger partial charge >= 0.3 is 0 Å². The van der Waals surface area contributed by atoms with E-state index < -0.39 is 10.0 Å². The molecule has 1 amide bonds. The van der Waals surface area contributed by atoms with Gasteiger partial charge in [-0.25, -0.2) is 12.7 Å². The maximum absolute atomic E-state index is 12.6. The Kier molecular flexibility index (Phi) is 8.82. The Morgan fingerprint density at radius 2 is 1.83 bits per heavy atom. The number of carbonyl (C=O) groups is 1. The molecule has 1 unspecified atom stereocenters. The van der Waals surface area contributed by atoms with E-state index >= 15 is 0 Å². The first-order valence-electron chi connectivity index (χ1n) is 8.48. The number of hydrogen-bond acceptors (Lipinski definition) is 4. The lowest BCUT2D eigenvalue weighted by atomic mass is 9.91. The number of sulfonamides is 1. The molecule has 3 N–H and O–H groups in total. The van der Waals surface area contributed by atoms with E-state index in [0.29, 0.717) is 32.1 Å². The Hall–Kier alpha value is -0.370. The average Bonchev–Trinajstić information content (AvgIpc) is 2.53. The van der Waals surface area contributed by atoms with E-state index in [2.05, 4.69) is 5.32 Å². The summed E-state index contributed by atoms with van der Waals surface area (Å²) in [5, 5.41) is 2.77. The Morgan fingerprint density at radius 3 is 2.48 bits per heavy atom. The van der Waals surface area contributed by atoms with E-state index in [1.165, 1.54) is 10.7 Å². The van der Waals surface area contributed by atoms with Crippen LogP contribution in [0.1, 0.15) is 44.9 Å². The zero-order chi connectivity index (χ0) is 16.0. The topological polar surface area (TPSA) is 92.5 Å². The summed E-state index contributed by atoms with van der Waals surface area (Å²) in [5.41, 5.74) is 5.39. The molecule has 0 aromatic rings. The van der Waals surface area contributed by atoms with Gasteiger partial charge in [-0.05, 0) is 31.6 Å². The normalized spacial score (nSPS) is 24.0. The predicted octanol–water partition coefficient (Wildman–Crippen LogP) is 1.11. The molecule has 8 heteroatoms. The van der Waals surface area contributed by atoms with Gasteiger partial charge in [0.1, 0.15) is 0 Å². The van der Waals surface area contributed by atoms with Crippen LogP contribution in [0.25, 0.3) is 0 Å². The smallest absolute Gasteiger partial charge is 0.224 e. The third-order valence-corrected chi connectivity index (χ3v) is 6.77. The Bertz CT molecular complexity index is 467. The number of piperidine rings is 1. The van der Waals surface area contributed by atoms with Crippen LogP contribution in [0.3, 0.4) is 0 Å². The van der Waals surface area contributed by atoms with Crippen LogP contribution in [-0.2, 0) is 14.8 Å². The highest BCUT2D eigenvalue weighted by molar-refractivity contribution is 7.89. The maximum atomic E-state index is 12.6. The fourth-order valence-corrected chi connectivity index (χ4v) is 5.46. The number of halogens is 1. The highest BCUT2D eigenvalue weighted by Gasteiger charge is 2.33. The van der Waals surface area contributed by atoms with Gasteiger partial charge in [0.2, 0.25) is 15.9 Å². The summed E-state index contributed by atoms with van der Waals surface area (Å²) in [6.07, 6.45) is 7.07. The number of amides is 1. The van der Waals surface area contributed by atoms with Gasteiger partial charge in [-0.1, -0.05) is 19.3 Å². The zero-order valence-electron chi connectivity index (χ0n) is 13.7. The van der Waals surface area contributed by atoms with Crippen molar-refractivity contribution in [3.63, 3.8) is 0 Å². The molecule has 23 heavy (non-hydrogen) atoms. The Balaban J connectivity index is 0.00000264. The van der Waals surface area contributed by atoms with Crippen molar-refractivity contribution in [1.29, 1.82) is 0 Å². The average molecular weight is 368 g/mol. The quantitative estimate of drug-likeness (QED) is 0.735. The van der Waals surface area contributed by atoms with Crippen molar-refractivity contribution in [2.45, 2.75) is 44.9 Å². The molecule has 1 aliphatic heterocycles. The molecule has 1 saturated carbocycles. The van der Waals surface area contributed by atoms with Gasteiger partial charge in [0, 0.05) is 26.2 Å². The second kappa shape index (κ2) is 9.81. The fourth-order valence-electron chi connectivity index (χ4n) is 3.51. The van der Waals surface area contributed by atoms with Gasteiger partial charge in [-0.2, -0.15) is 0 Å². The first-order chi connectivity index (χ1) is 10.5. The minimum atomic E-state index is -3.24. The Labute approximate surface area is 146 Å². The van der Waals surface area contributed by atoms with Crippen LogP contribution in [0.2, 0.25) is 0 Å². The lowest BCUT2D eigenvalue weighted by Gasteiger charge is -2.33. The molecular weight excluding hydrogens is 338 g/mol. The summed E-state index contributed by atoms with van der Waals surface area (Å²) in [5.74, 6) is 0.249. The van der Waals surface area contributed by atoms with Gasteiger partial charge in [-0.3, -0.25) is 4.79 Å². The first kappa shape index (κ1) is 20.7. The summed E-state index contributed by atoms with van der Waals surface area (Å²) in [7, 11) is -3.24. The molecule has 2 aliphatic rings. The number of nitrogens with two attached hydrogens (primary N) is 1. The number of carbonyl (C=O) groups excluding carboxylic acids is 1. The SMILES string of the molecule is Cl.NCCNC(=O)C1CCCN(S(=O)(=O)CC2CCCCC2)C1. The van der Waals surface area contributed by atoms with Crippen molar-refractivity contribution in [3.8, 4) is 0 Å². The second-order valence-corrected chi connectivity index (χ2v) is 8.57. The van der Waals surface area contributed by atoms with Crippen molar-refractivity contribution in [2.75, 3.05) is 31.9 Å². The number of nitrogens with zero attached hydrogens (tertiary/aromatic N) is 1. The van der Waals surface area contributed by atoms with Gasteiger partial charge in [-0.15, -0.1) is 12.4 Å². The molecule has 1 saturated heterocycles. The molecule has 2 fully saturated rings. The van der Waals surface area contributed by atoms with Gasteiger partial charge in [0.25, 0.3) is 0 Å². The van der Waals surface area contributed by atoms with E-state index in [9.17, 15) is 13.2 Å². The molecular formula is C15H30ClN3O3S. The maximum Gasteiger partial charge on any atom is 0.224 e. The molecule has 0 radical (unpaired) electrons. The molecule has 1 aliphatic carbocycles. The van der Waals surface area contributed by atoms with E-state index in [4.69, 9.17) is 5.73 Å². The van der Waals surface area contributed by atoms with Crippen molar-refractivity contribution >= 4 is 28.3 Å². The summed E-state index contributed by atoms with van der Waals surface area (Å²) < 4.78 is 26.8. The molecule has 1 heterocycles. The molecule has 0 spiro atoms. The van der Waals surface area contributed by atoms with E-state index in [-0.39, 0.29) is 30.0 Å². The van der Waals surface area contributed by atoms with Gasteiger partial charge in [0.05, 0.1) is 11.7 Å². The molecule has 0 aromatic heterocycles. The molecule has 136 valence electrons. The summed E-state index contributed by atoms with van der Waals surface area (Å²) >= 11 is 0. The lowest BCUT2D eigenvalue weighted by Crippen LogP contribution is -2.47. The van der Waals surface area contributed by atoms with Crippen LogP contribution in [0, 0.1) is 11.8 Å². The predicted molar refractivity (Wildman–Crippen MR) is 94.0 cm³/mol. The first-order valence-corrected chi connectivity index (χ1v) is 10.1. The number of nitrogens with one attached hydrogen (secondary N) is 1. The van der Waals surface area contributed by atoms with Gasteiger partial charge in [0.15, 0.2) is 0 Å². The largest absolute Gasteiger partial charge is 0.355 e. The Morgan fingerprint density at radius 1 is 1.13 bits per heavy atom. The summed E-state index contributed by atoms with van der Waals surface area (Å²) in [4.78, 5) is 12.0. The van der Waals surface area contributed by atoms with E-state index in [1.54, 1.807) is 0 Å². The highest BCUT2D eigenvalue weighted by Crippen LogP contribution is 2.27. The summed E-state index contributed by atoms with van der Waals surface area (Å²) in [6.45, 7) is 1.73. The van der Waals surface area contributed by atoms with Crippen LogP contribution in [0.5, 0.6) is 0 Å². The number of hydrogen-bond donors (Lipinski definition) is 2. The number of rotatable bonds is 6. The molecule has 6 nitrogen and oxygen atoms in total. The van der Waals surface area contributed by atoms with E-state index in [0.717, 1.165) is 38.5 Å². The minimum Gasteiger partial charge on any atom is -0.355 e. The zero-order valence-corrected chi connectivity index (χ0v) is 15.3.